The number of aromatic nitrogens is 3. The number of amides is 2. The van der Waals surface area contributed by atoms with Crippen molar-refractivity contribution in [1.82, 2.24) is 24.8 Å². The molecule has 2 amide bonds. The predicted molar refractivity (Wildman–Crippen MR) is 118 cm³/mol. The highest BCUT2D eigenvalue weighted by atomic mass is 35.5. The van der Waals surface area contributed by atoms with Crippen molar-refractivity contribution < 1.29 is 22.8 Å². The van der Waals surface area contributed by atoms with E-state index in [2.05, 4.69) is 15.4 Å². The van der Waals surface area contributed by atoms with Crippen LogP contribution in [0.5, 0.6) is 0 Å². The summed E-state index contributed by atoms with van der Waals surface area (Å²) in [6.45, 7) is 0.664. The zero-order valence-corrected chi connectivity index (χ0v) is 18.8. The summed E-state index contributed by atoms with van der Waals surface area (Å²) >= 11 is 6.02. The molecule has 2 aliphatic rings. The lowest BCUT2D eigenvalue weighted by Crippen LogP contribution is -2.58. The molecule has 5 rings (SSSR count). The van der Waals surface area contributed by atoms with Crippen molar-refractivity contribution in [2.75, 3.05) is 18.5 Å². The van der Waals surface area contributed by atoms with Gasteiger partial charge < -0.3 is 15.1 Å². The van der Waals surface area contributed by atoms with E-state index in [9.17, 15) is 22.8 Å². The molecule has 0 radical (unpaired) electrons. The van der Waals surface area contributed by atoms with Crippen LogP contribution in [-0.4, -0.2) is 57.1 Å². The average Bonchev–Trinajstić information content (AvgIpc) is 3.16. The molecule has 12 heteroatoms. The van der Waals surface area contributed by atoms with Gasteiger partial charge in [0.2, 0.25) is 11.8 Å². The third-order valence-corrected chi connectivity index (χ3v) is 6.39. The van der Waals surface area contributed by atoms with Gasteiger partial charge in [-0.05, 0) is 30.5 Å². The quantitative estimate of drug-likeness (QED) is 0.564. The lowest BCUT2D eigenvalue weighted by molar-refractivity contribution is -0.190. The average molecular weight is 493 g/mol. The Hall–Kier alpha value is -3.34. The van der Waals surface area contributed by atoms with E-state index in [4.69, 9.17) is 11.6 Å². The lowest BCUT2D eigenvalue weighted by atomic mass is 10.00. The zero-order chi connectivity index (χ0) is 24.2. The Balaban J connectivity index is 1.44. The van der Waals surface area contributed by atoms with Crippen LogP contribution in [0, 0.1) is 0 Å². The summed E-state index contributed by atoms with van der Waals surface area (Å²) in [6, 6.07) is 4.57. The number of halogens is 4. The van der Waals surface area contributed by atoms with E-state index in [1.165, 1.54) is 12.1 Å². The fraction of sp³-hybridized carbons (Fsp3) is 0.364. The van der Waals surface area contributed by atoms with Crippen LogP contribution < -0.4 is 10.2 Å². The highest BCUT2D eigenvalue weighted by molar-refractivity contribution is 6.29. The van der Waals surface area contributed by atoms with Gasteiger partial charge in [0.15, 0.2) is 16.8 Å². The summed E-state index contributed by atoms with van der Waals surface area (Å²) in [6.07, 6.45) is -1.49. The summed E-state index contributed by atoms with van der Waals surface area (Å²) in [4.78, 5) is 30.6. The fourth-order valence-electron chi connectivity index (χ4n) is 4.55. The maximum Gasteiger partial charge on any atom is 0.413 e. The van der Waals surface area contributed by atoms with Crippen molar-refractivity contribution in [2.45, 2.75) is 37.5 Å². The number of alkyl halides is 3. The van der Waals surface area contributed by atoms with Crippen LogP contribution in [0.4, 0.5) is 24.5 Å². The molecule has 4 heterocycles. The molecule has 0 saturated carbocycles. The van der Waals surface area contributed by atoms with Crippen LogP contribution in [-0.2, 0) is 16.0 Å². The Morgan fingerprint density at radius 2 is 2.00 bits per heavy atom. The van der Waals surface area contributed by atoms with Gasteiger partial charge in [-0.25, -0.2) is 9.50 Å². The van der Waals surface area contributed by atoms with Gasteiger partial charge >= 0.3 is 6.18 Å². The van der Waals surface area contributed by atoms with Crippen LogP contribution in [0.1, 0.15) is 30.1 Å². The van der Waals surface area contributed by atoms with Crippen LogP contribution in [0.2, 0.25) is 5.15 Å². The van der Waals surface area contributed by atoms with Crippen LogP contribution in [0.15, 0.2) is 36.5 Å². The maximum atomic E-state index is 14.0. The molecule has 1 fully saturated rings. The van der Waals surface area contributed by atoms with Gasteiger partial charge in [-0.2, -0.15) is 18.3 Å². The first-order valence-electron chi connectivity index (χ1n) is 10.7. The first-order chi connectivity index (χ1) is 16.1. The Kier molecular flexibility index (Phi) is 5.38. The number of carbonyl (C=O) groups is 2. The van der Waals surface area contributed by atoms with Gasteiger partial charge in [0.05, 0.1) is 24.0 Å². The monoisotopic (exact) mass is 492 g/mol. The Bertz CT molecular complexity index is 1270. The van der Waals surface area contributed by atoms with Gasteiger partial charge in [-0.3, -0.25) is 9.59 Å². The van der Waals surface area contributed by atoms with Crippen LogP contribution in [0.3, 0.4) is 0 Å². The number of hydrogen-bond donors (Lipinski definition) is 1. The molecular weight excluding hydrogens is 473 g/mol. The molecule has 0 spiro atoms. The van der Waals surface area contributed by atoms with Crippen LogP contribution >= 0.6 is 11.6 Å². The van der Waals surface area contributed by atoms with Gasteiger partial charge in [0.1, 0.15) is 6.04 Å². The maximum absolute atomic E-state index is 14.0. The molecule has 3 aromatic rings. The van der Waals surface area contributed by atoms with Gasteiger partial charge in [-0.1, -0.05) is 23.7 Å². The van der Waals surface area contributed by atoms with Crippen molar-refractivity contribution in [3.63, 3.8) is 0 Å². The SMILES string of the molecule is CN(C(=O)C1CC(=O)N1)[C@@H](c1ccc(N2CCCc3c2cnc2cc(Cl)nn32)cc1)C(F)(F)F. The highest BCUT2D eigenvalue weighted by Crippen LogP contribution is 2.39. The number of β-lactam (4-membered cyclic amide) rings is 1. The van der Waals surface area contributed by atoms with E-state index >= 15 is 0 Å². The van der Waals surface area contributed by atoms with Gasteiger partial charge in [0, 0.05) is 25.3 Å². The van der Waals surface area contributed by atoms with E-state index in [0.29, 0.717) is 27.9 Å². The summed E-state index contributed by atoms with van der Waals surface area (Å²) in [5.41, 5.74) is 3.00. The van der Waals surface area contributed by atoms with Crippen molar-refractivity contribution in [2.24, 2.45) is 0 Å². The Morgan fingerprint density at radius 3 is 2.65 bits per heavy atom. The first-order valence-corrected chi connectivity index (χ1v) is 11.0. The molecule has 0 bridgehead atoms. The summed E-state index contributed by atoms with van der Waals surface area (Å²) < 4.78 is 43.6. The van der Waals surface area contributed by atoms with Gasteiger partial charge in [-0.15, -0.1) is 0 Å². The zero-order valence-electron chi connectivity index (χ0n) is 18.0. The molecule has 1 aromatic carbocycles. The fourth-order valence-corrected chi connectivity index (χ4v) is 4.72. The number of likely N-dealkylation sites (N-methyl/N-ethyl adjacent to an activating group) is 1. The number of aryl methyl sites for hydroxylation is 1. The molecule has 2 atom stereocenters. The molecule has 8 nitrogen and oxygen atoms in total. The van der Waals surface area contributed by atoms with Crippen molar-refractivity contribution in [3.05, 3.63) is 52.9 Å². The second-order valence-corrected chi connectivity index (χ2v) is 8.78. The Labute approximate surface area is 197 Å². The predicted octanol–water partition coefficient (Wildman–Crippen LogP) is 3.42. The molecule has 2 aliphatic heterocycles. The number of benzene rings is 1. The largest absolute Gasteiger partial charge is 0.413 e. The van der Waals surface area contributed by atoms with E-state index in [1.807, 2.05) is 4.90 Å². The van der Waals surface area contributed by atoms with E-state index in [-0.39, 0.29) is 17.9 Å². The summed E-state index contributed by atoms with van der Waals surface area (Å²) in [5.74, 6) is -1.13. The van der Waals surface area contributed by atoms with E-state index < -0.39 is 24.2 Å². The second-order valence-electron chi connectivity index (χ2n) is 8.39. The normalized spacial score (nSPS) is 18.8. The summed E-state index contributed by atoms with van der Waals surface area (Å²) in [5, 5.41) is 6.96. The lowest BCUT2D eigenvalue weighted by Gasteiger charge is -2.36. The molecule has 0 aliphatic carbocycles. The number of fused-ring (bicyclic) bond motifs is 3. The minimum Gasteiger partial charge on any atom is -0.344 e. The molecule has 178 valence electrons. The van der Waals surface area contributed by atoms with Crippen molar-refractivity contribution in [1.29, 1.82) is 0 Å². The summed E-state index contributed by atoms with van der Waals surface area (Å²) in [7, 11) is 1.10. The molecular formula is C22H20ClF3N6O2. The number of hydrogen-bond acceptors (Lipinski definition) is 5. The third-order valence-electron chi connectivity index (χ3n) is 6.21. The minimum absolute atomic E-state index is 0.0672. The second kappa shape index (κ2) is 8.15. The first kappa shape index (κ1) is 22.5. The third kappa shape index (κ3) is 3.83. The number of rotatable bonds is 4. The number of nitrogens with zero attached hydrogens (tertiary/aromatic N) is 5. The standard InChI is InChI=1S/C22H20ClF3N6O2/c1-30(21(34)14-9-19(33)28-14)20(22(24,25)26)12-4-6-13(7-5-12)31-8-2-3-15-16(31)11-27-18-10-17(23)29-32(15)18/h4-7,10-11,14,20H,2-3,8-9H2,1H3,(H,28,33)/t14?,20-/m0/s1. The van der Waals surface area contributed by atoms with E-state index in [1.54, 1.807) is 28.9 Å². The van der Waals surface area contributed by atoms with Crippen LogP contribution in [0.25, 0.3) is 5.65 Å². The van der Waals surface area contributed by atoms with Gasteiger partial charge in [0.25, 0.3) is 0 Å². The number of anilines is 2. The molecule has 34 heavy (non-hydrogen) atoms. The smallest absolute Gasteiger partial charge is 0.344 e. The van der Waals surface area contributed by atoms with E-state index in [0.717, 1.165) is 31.3 Å². The van der Waals surface area contributed by atoms with Crippen molar-refractivity contribution in [3.8, 4) is 0 Å². The van der Waals surface area contributed by atoms with Crippen molar-refractivity contribution >= 4 is 40.4 Å². The Morgan fingerprint density at radius 1 is 1.29 bits per heavy atom. The topological polar surface area (TPSA) is 82.8 Å². The molecule has 2 aromatic heterocycles. The molecule has 1 saturated heterocycles. The number of nitrogens with one attached hydrogen (secondary N) is 1. The number of carbonyl (C=O) groups excluding carboxylic acids is 2. The minimum atomic E-state index is -4.69. The molecule has 1 unspecified atom stereocenters. The highest BCUT2D eigenvalue weighted by Gasteiger charge is 2.47. The molecule has 1 N–H and O–H groups in total.